The number of hydrogen-bond acceptors (Lipinski definition) is 4. The molecule has 106 valence electrons. The molecule has 1 heterocycles. The normalized spacial score (nSPS) is 15.4. The first-order valence-corrected chi connectivity index (χ1v) is 7.40. The summed E-state index contributed by atoms with van der Waals surface area (Å²) in [5.41, 5.74) is 1.03. The van der Waals surface area contributed by atoms with Gasteiger partial charge in [-0.1, -0.05) is 20.8 Å². The smallest absolute Gasteiger partial charge is 0.222 e. The van der Waals surface area contributed by atoms with Crippen LogP contribution >= 0.6 is 0 Å². The van der Waals surface area contributed by atoms with Crippen molar-refractivity contribution in [1.29, 1.82) is 0 Å². The van der Waals surface area contributed by atoms with Crippen LogP contribution in [0.5, 0.6) is 5.88 Å². The maximum absolute atomic E-state index is 6.00. The van der Waals surface area contributed by atoms with E-state index in [-0.39, 0.29) is 0 Å². The third-order valence-corrected chi connectivity index (χ3v) is 3.51. The van der Waals surface area contributed by atoms with E-state index in [1.165, 1.54) is 6.42 Å². The van der Waals surface area contributed by atoms with E-state index in [2.05, 4.69) is 36.1 Å². The number of hydrogen-bond donors (Lipinski definition) is 1. The van der Waals surface area contributed by atoms with Crippen LogP contribution in [0, 0.1) is 6.92 Å². The van der Waals surface area contributed by atoms with Crippen LogP contribution in [0.2, 0.25) is 0 Å². The predicted molar refractivity (Wildman–Crippen MR) is 77.9 cm³/mol. The van der Waals surface area contributed by atoms with Crippen LogP contribution in [0.25, 0.3) is 0 Å². The molecule has 1 aliphatic rings. The van der Waals surface area contributed by atoms with Crippen LogP contribution in [0.4, 0.5) is 5.82 Å². The fourth-order valence-electron chi connectivity index (χ4n) is 1.95. The van der Waals surface area contributed by atoms with Crippen LogP contribution in [0.3, 0.4) is 0 Å². The van der Waals surface area contributed by atoms with E-state index >= 15 is 0 Å². The fourth-order valence-corrected chi connectivity index (χ4v) is 1.95. The summed E-state index contributed by atoms with van der Waals surface area (Å²) in [6.45, 7) is 9.34. The SMILES string of the molecule is CCCNc1nc(C(C)C)nc(OC2CCC2)c1C. The first-order chi connectivity index (χ1) is 9.11. The Labute approximate surface area is 116 Å². The van der Waals surface area contributed by atoms with Gasteiger partial charge in [0.2, 0.25) is 5.88 Å². The van der Waals surface area contributed by atoms with Crippen molar-refractivity contribution in [2.75, 3.05) is 11.9 Å². The van der Waals surface area contributed by atoms with Gasteiger partial charge in [-0.15, -0.1) is 0 Å². The van der Waals surface area contributed by atoms with Crippen LogP contribution in [0.1, 0.15) is 63.8 Å². The van der Waals surface area contributed by atoms with E-state index < -0.39 is 0 Å². The van der Waals surface area contributed by atoms with Gasteiger partial charge in [0, 0.05) is 12.5 Å². The standard InChI is InChI=1S/C15H25N3O/c1-5-9-16-14-11(4)15(19-12-7-6-8-12)18-13(17-14)10(2)3/h10,12H,5-9H2,1-4H3,(H,16,17,18). The number of aromatic nitrogens is 2. The minimum Gasteiger partial charge on any atom is -0.474 e. The Bertz CT molecular complexity index is 428. The van der Waals surface area contributed by atoms with Crippen molar-refractivity contribution in [1.82, 2.24) is 9.97 Å². The van der Waals surface area contributed by atoms with E-state index in [0.29, 0.717) is 12.0 Å². The van der Waals surface area contributed by atoms with Gasteiger partial charge in [0.25, 0.3) is 0 Å². The van der Waals surface area contributed by atoms with Gasteiger partial charge in [-0.25, -0.2) is 4.98 Å². The number of rotatable bonds is 6. The molecule has 0 bridgehead atoms. The Morgan fingerprint density at radius 2 is 2.05 bits per heavy atom. The molecule has 1 saturated carbocycles. The van der Waals surface area contributed by atoms with E-state index in [9.17, 15) is 0 Å². The van der Waals surface area contributed by atoms with Gasteiger partial charge in [-0.3, -0.25) is 0 Å². The fraction of sp³-hybridized carbons (Fsp3) is 0.733. The molecule has 19 heavy (non-hydrogen) atoms. The van der Waals surface area contributed by atoms with Crippen molar-refractivity contribution in [2.24, 2.45) is 0 Å². The zero-order chi connectivity index (χ0) is 13.8. The molecule has 1 aliphatic carbocycles. The monoisotopic (exact) mass is 263 g/mol. The second kappa shape index (κ2) is 6.22. The van der Waals surface area contributed by atoms with Crippen LogP contribution in [-0.2, 0) is 0 Å². The van der Waals surface area contributed by atoms with E-state index in [1.807, 2.05) is 6.92 Å². The number of nitrogens with one attached hydrogen (secondary N) is 1. The molecule has 1 fully saturated rings. The van der Waals surface area contributed by atoms with Gasteiger partial charge >= 0.3 is 0 Å². The molecule has 0 aromatic carbocycles. The molecule has 0 radical (unpaired) electrons. The Kier molecular flexibility index (Phi) is 4.61. The summed E-state index contributed by atoms with van der Waals surface area (Å²) in [5, 5.41) is 3.38. The molecular formula is C15H25N3O. The lowest BCUT2D eigenvalue weighted by Crippen LogP contribution is -2.26. The molecule has 2 rings (SSSR count). The van der Waals surface area contributed by atoms with Crippen LogP contribution < -0.4 is 10.1 Å². The lowest BCUT2D eigenvalue weighted by atomic mass is 9.96. The summed E-state index contributed by atoms with van der Waals surface area (Å²) in [5.74, 6) is 2.86. The van der Waals surface area contributed by atoms with E-state index in [1.54, 1.807) is 0 Å². The molecule has 4 heteroatoms. The topological polar surface area (TPSA) is 47.0 Å². The predicted octanol–water partition coefficient (Wildman–Crippen LogP) is 3.66. The third-order valence-electron chi connectivity index (χ3n) is 3.51. The van der Waals surface area contributed by atoms with Crippen molar-refractivity contribution in [2.45, 2.75) is 65.4 Å². The van der Waals surface area contributed by atoms with Gasteiger partial charge in [0.05, 0.1) is 5.56 Å². The zero-order valence-electron chi connectivity index (χ0n) is 12.5. The Morgan fingerprint density at radius 3 is 2.58 bits per heavy atom. The highest BCUT2D eigenvalue weighted by Gasteiger charge is 2.22. The van der Waals surface area contributed by atoms with Crippen molar-refractivity contribution >= 4 is 5.82 Å². The summed E-state index contributed by atoms with van der Waals surface area (Å²) in [4.78, 5) is 9.21. The van der Waals surface area contributed by atoms with Crippen molar-refractivity contribution in [3.63, 3.8) is 0 Å². The lowest BCUT2D eigenvalue weighted by molar-refractivity contribution is 0.113. The van der Waals surface area contributed by atoms with Crippen molar-refractivity contribution in [3.05, 3.63) is 11.4 Å². The highest BCUT2D eigenvalue weighted by molar-refractivity contribution is 5.48. The zero-order valence-corrected chi connectivity index (χ0v) is 12.5. The molecule has 0 amide bonds. The summed E-state index contributed by atoms with van der Waals surface area (Å²) in [6.07, 6.45) is 5.01. The summed E-state index contributed by atoms with van der Waals surface area (Å²) in [7, 11) is 0. The molecule has 0 atom stereocenters. The van der Waals surface area contributed by atoms with Crippen LogP contribution in [0.15, 0.2) is 0 Å². The molecule has 1 aromatic heterocycles. The van der Waals surface area contributed by atoms with Gasteiger partial charge < -0.3 is 10.1 Å². The second-order valence-corrected chi connectivity index (χ2v) is 5.61. The minimum absolute atomic E-state index is 0.312. The molecule has 4 nitrogen and oxygen atoms in total. The Hall–Kier alpha value is -1.32. The molecule has 0 unspecified atom stereocenters. The average Bonchev–Trinajstić information content (AvgIpc) is 2.33. The number of nitrogens with zero attached hydrogens (tertiary/aromatic N) is 2. The largest absolute Gasteiger partial charge is 0.474 e. The third kappa shape index (κ3) is 3.37. The first-order valence-electron chi connectivity index (χ1n) is 7.40. The van der Waals surface area contributed by atoms with Gasteiger partial charge in [0.15, 0.2) is 0 Å². The van der Waals surface area contributed by atoms with Gasteiger partial charge in [0.1, 0.15) is 17.7 Å². The highest BCUT2D eigenvalue weighted by atomic mass is 16.5. The Morgan fingerprint density at radius 1 is 1.32 bits per heavy atom. The Balaban J connectivity index is 2.24. The number of ether oxygens (including phenoxy) is 1. The summed E-state index contributed by atoms with van der Waals surface area (Å²) < 4.78 is 6.00. The average molecular weight is 263 g/mol. The lowest BCUT2D eigenvalue weighted by Gasteiger charge is -2.27. The van der Waals surface area contributed by atoms with E-state index in [0.717, 1.165) is 48.9 Å². The summed E-state index contributed by atoms with van der Waals surface area (Å²) >= 11 is 0. The minimum atomic E-state index is 0.312. The van der Waals surface area contributed by atoms with Crippen molar-refractivity contribution in [3.8, 4) is 5.88 Å². The molecule has 1 N–H and O–H groups in total. The van der Waals surface area contributed by atoms with Gasteiger partial charge in [-0.05, 0) is 32.6 Å². The van der Waals surface area contributed by atoms with E-state index in [4.69, 9.17) is 4.74 Å². The number of anilines is 1. The second-order valence-electron chi connectivity index (χ2n) is 5.61. The van der Waals surface area contributed by atoms with Gasteiger partial charge in [-0.2, -0.15) is 4.98 Å². The molecule has 0 aliphatic heterocycles. The quantitative estimate of drug-likeness (QED) is 0.850. The van der Waals surface area contributed by atoms with Crippen molar-refractivity contribution < 1.29 is 4.74 Å². The maximum atomic E-state index is 6.00. The molecule has 0 spiro atoms. The molecule has 1 aromatic rings. The maximum Gasteiger partial charge on any atom is 0.222 e. The molecule has 0 saturated heterocycles. The first kappa shape index (κ1) is 14.1. The molecular weight excluding hydrogens is 238 g/mol. The highest BCUT2D eigenvalue weighted by Crippen LogP contribution is 2.30. The summed E-state index contributed by atoms with van der Waals surface area (Å²) in [6, 6.07) is 0. The van der Waals surface area contributed by atoms with Crippen LogP contribution in [-0.4, -0.2) is 22.6 Å².